The summed E-state index contributed by atoms with van der Waals surface area (Å²) in [5.41, 5.74) is 0.552. The molecule has 0 aliphatic heterocycles. The molecule has 1 amide bonds. The Balaban J connectivity index is 2.06. The van der Waals surface area contributed by atoms with Crippen LogP contribution in [0, 0.1) is 0 Å². The van der Waals surface area contributed by atoms with Gasteiger partial charge in [0.05, 0.1) is 4.90 Å². The SMILES string of the molecule is CCCC[C@H](NC(=O)c1ccc(NS(=O)(=O)c2ccccc2)cc1)C(=O)O. The minimum atomic E-state index is -3.72. The molecule has 2 aromatic rings. The van der Waals surface area contributed by atoms with Crippen LogP contribution in [0.2, 0.25) is 0 Å². The van der Waals surface area contributed by atoms with E-state index in [1.54, 1.807) is 18.2 Å². The second-order valence-corrected chi connectivity index (χ2v) is 7.68. The van der Waals surface area contributed by atoms with Gasteiger partial charge in [-0.3, -0.25) is 9.52 Å². The molecule has 0 saturated heterocycles. The number of benzene rings is 2. The summed E-state index contributed by atoms with van der Waals surface area (Å²) in [7, 11) is -3.72. The predicted octanol–water partition coefficient (Wildman–Crippen LogP) is 2.86. The zero-order valence-electron chi connectivity index (χ0n) is 14.9. The van der Waals surface area contributed by atoms with E-state index in [9.17, 15) is 23.1 Å². The first-order chi connectivity index (χ1) is 12.8. The molecule has 27 heavy (non-hydrogen) atoms. The zero-order chi connectivity index (χ0) is 19.9. The first kappa shape index (κ1) is 20.4. The van der Waals surface area contributed by atoms with E-state index in [-0.39, 0.29) is 10.5 Å². The molecule has 1 atom stereocenters. The Labute approximate surface area is 158 Å². The molecule has 0 fully saturated rings. The largest absolute Gasteiger partial charge is 0.480 e. The molecular formula is C19H22N2O5S. The molecular weight excluding hydrogens is 368 g/mol. The Hall–Kier alpha value is -2.87. The molecule has 0 aromatic heterocycles. The molecule has 144 valence electrons. The lowest BCUT2D eigenvalue weighted by Crippen LogP contribution is -2.40. The number of aliphatic carboxylic acids is 1. The number of carboxylic acid groups (broad SMARTS) is 1. The van der Waals surface area contributed by atoms with Gasteiger partial charge in [0.25, 0.3) is 15.9 Å². The maximum absolute atomic E-state index is 12.3. The maximum atomic E-state index is 12.3. The van der Waals surface area contributed by atoms with Crippen LogP contribution in [0.25, 0.3) is 0 Å². The van der Waals surface area contributed by atoms with Crippen LogP contribution < -0.4 is 10.0 Å². The zero-order valence-corrected chi connectivity index (χ0v) is 15.7. The molecule has 0 radical (unpaired) electrons. The van der Waals surface area contributed by atoms with Crippen molar-refractivity contribution in [2.75, 3.05) is 4.72 Å². The topological polar surface area (TPSA) is 113 Å². The minimum Gasteiger partial charge on any atom is -0.480 e. The average Bonchev–Trinajstić information content (AvgIpc) is 2.65. The predicted molar refractivity (Wildman–Crippen MR) is 102 cm³/mol. The van der Waals surface area contributed by atoms with E-state index in [1.807, 2.05) is 6.92 Å². The van der Waals surface area contributed by atoms with Gasteiger partial charge < -0.3 is 10.4 Å². The van der Waals surface area contributed by atoms with Gasteiger partial charge in [-0.1, -0.05) is 38.0 Å². The maximum Gasteiger partial charge on any atom is 0.326 e. The molecule has 0 aliphatic rings. The van der Waals surface area contributed by atoms with Crippen LogP contribution in [0.5, 0.6) is 0 Å². The van der Waals surface area contributed by atoms with Gasteiger partial charge in [0.1, 0.15) is 6.04 Å². The van der Waals surface area contributed by atoms with E-state index < -0.39 is 27.9 Å². The van der Waals surface area contributed by atoms with Crippen LogP contribution in [-0.4, -0.2) is 31.4 Å². The standard InChI is InChI=1S/C19H22N2O5S/c1-2-3-9-17(19(23)24)20-18(22)14-10-12-15(13-11-14)21-27(25,26)16-7-5-4-6-8-16/h4-8,10-13,17,21H,2-3,9H2,1H3,(H,20,22)(H,23,24)/t17-/m0/s1. The molecule has 0 aliphatic carbocycles. The van der Waals surface area contributed by atoms with E-state index in [0.717, 1.165) is 6.42 Å². The van der Waals surface area contributed by atoms with Gasteiger partial charge in [-0.2, -0.15) is 0 Å². The third-order valence-electron chi connectivity index (χ3n) is 3.90. The first-order valence-corrected chi connectivity index (χ1v) is 10.0. The van der Waals surface area contributed by atoms with Crippen molar-refractivity contribution < 1.29 is 23.1 Å². The first-order valence-electron chi connectivity index (χ1n) is 8.55. The Kier molecular flexibility index (Phi) is 6.95. The second-order valence-electron chi connectivity index (χ2n) is 6.00. The van der Waals surface area contributed by atoms with Gasteiger partial charge in [-0.15, -0.1) is 0 Å². The molecule has 7 nitrogen and oxygen atoms in total. The van der Waals surface area contributed by atoms with Crippen molar-refractivity contribution in [3.05, 3.63) is 60.2 Å². The van der Waals surface area contributed by atoms with Crippen molar-refractivity contribution in [2.45, 2.75) is 37.1 Å². The summed E-state index contributed by atoms with van der Waals surface area (Å²) in [5, 5.41) is 11.7. The third-order valence-corrected chi connectivity index (χ3v) is 5.30. The van der Waals surface area contributed by atoms with Crippen LogP contribution in [-0.2, 0) is 14.8 Å². The highest BCUT2D eigenvalue weighted by Crippen LogP contribution is 2.16. The van der Waals surface area contributed by atoms with Crippen molar-refractivity contribution in [3.63, 3.8) is 0 Å². The number of nitrogens with one attached hydrogen (secondary N) is 2. The molecule has 0 bridgehead atoms. The summed E-state index contributed by atoms with van der Waals surface area (Å²) in [6, 6.07) is 12.8. The number of amides is 1. The number of rotatable bonds is 9. The number of anilines is 1. The van der Waals surface area contributed by atoms with Gasteiger partial charge >= 0.3 is 5.97 Å². The fourth-order valence-corrected chi connectivity index (χ4v) is 3.49. The molecule has 0 heterocycles. The van der Waals surface area contributed by atoms with Crippen molar-refractivity contribution in [3.8, 4) is 0 Å². The summed E-state index contributed by atoms with van der Waals surface area (Å²) in [5.74, 6) is -1.60. The third kappa shape index (κ3) is 5.82. The monoisotopic (exact) mass is 390 g/mol. The summed E-state index contributed by atoms with van der Waals surface area (Å²) in [6.07, 6.45) is 1.87. The number of hydrogen-bond acceptors (Lipinski definition) is 4. The highest BCUT2D eigenvalue weighted by Gasteiger charge is 2.20. The number of carbonyl (C=O) groups excluding carboxylic acids is 1. The number of carboxylic acids is 1. The van der Waals surface area contributed by atoms with Gasteiger partial charge in [-0.25, -0.2) is 13.2 Å². The number of unbranched alkanes of at least 4 members (excludes halogenated alkanes) is 1. The summed E-state index contributed by atoms with van der Waals surface area (Å²) < 4.78 is 27.0. The molecule has 0 unspecified atom stereocenters. The van der Waals surface area contributed by atoms with Gasteiger partial charge in [0, 0.05) is 11.3 Å². The van der Waals surface area contributed by atoms with Crippen LogP contribution >= 0.6 is 0 Å². The second kappa shape index (κ2) is 9.18. The number of hydrogen-bond donors (Lipinski definition) is 3. The van der Waals surface area contributed by atoms with Gasteiger partial charge in [-0.05, 0) is 42.8 Å². The van der Waals surface area contributed by atoms with Crippen LogP contribution in [0.1, 0.15) is 36.5 Å². The summed E-state index contributed by atoms with van der Waals surface area (Å²) in [4.78, 5) is 23.6. The van der Waals surface area contributed by atoms with E-state index in [1.165, 1.54) is 36.4 Å². The van der Waals surface area contributed by atoms with Gasteiger partial charge in [0.2, 0.25) is 0 Å². The molecule has 8 heteroatoms. The lowest BCUT2D eigenvalue weighted by Gasteiger charge is -2.14. The number of carbonyl (C=O) groups is 2. The Bertz CT molecular complexity index is 880. The lowest BCUT2D eigenvalue weighted by molar-refractivity contribution is -0.139. The van der Waals surface area contributed by atoms with Gasteiger partial charge in [0.15, 0.2) is 0 Å². The molecule has 2 rings (SSSR count). The van der Waals surface area contributed by atoms with E-state index in [2.05, 4.69) is 10.0 Å². The summed E-state index contributed by atoms with van der Waals surface area (Å²) >= 11 is 0. The average molecular weight is 390 g/mol. The fourth-order valence-electron chi connectivity index (χ4n) is 2.41. The Morgan fingerprint density at radius 1 is 1.04 bits per heavy atom. The minimum absolute atomic E-state index is 0.132. The Morgan fingerprint density at radius 3 is 2.22 bits per heavy atom. The van der Waals surface area contributed by atoms with E-state index in [4.69, 9.17) is 0 Å². The quantitative estimate of drug-likeness (QED) is 0.609. The van der Waals surface area contributed by atoms with Crippen molar-refractivity contribution in [2.24, 2.45) is 0 Å². The van der Waals surface area contributed by atoms with Crippen LogP contribution in [0.4, 0.5) is 5.69 Å². The molecule has 0 saturated carbocycles. The van der Waals surface area contributed by atoms with Crippen LogP contribution in [0.15, 0.2) is 59.5 Å². The highest BCUT2D eigenvalue weighted by molar-refractivity contribution is 7.92. The smallest absolute Gasteiger partial charge is 0.326 e. The fraction of sp³-hybridized carbons (Fsp3) is 0.263. The normalized spacial score (nSPS) is 12.2. The van der Waals surface area contributed by atoms with Crippen molar-refractivity contribution >= 4 is 27.6 Å². The highest BCUT2D eigenvalue weighted by atomic mass is 32.2. The number of sulfonamides is 1. The van der Waals surface area contributed by atoms with Crippen molar-refractivity contribution in [1.82, 2.24) is 5.32 Å². The lowest BCUT2D eigenvalue weighted by atomic mass is 10.1. The molecule has 3 N–H and O–H groups in total. The van der Waals surface area contributed by atoms with Crippen molar-refractivity contribution in [1.29, 1.82) is 0 Å². The summed E-state index contributed by atoms with van der Waals surface area (Å²) in [6.45, 7) is 1.94. The van der Waals surface area contributed by atoms with E-state index >= 15 is 0 Å². The Morgan fingerprint density at radius 2 is 1.67 bits per heavy atom. The molecule has 0 spiro atoms. The van der Waals surface area contributed by atoms with Crippen LogP contribution in [0.3, 0.4) is 0 Å². The molecule has 2 aromatic carbocycles. The van der Waals surface area contributed by atoms with E-state index in [0.29, 0.717) is 18.5 Å².